The van der Waals surface area contributed by atoms with Crippen molar-refractivity contribution < 1.29 is 17.6 Å². The molecule has 0 bridgehead atoms. The Hall–Kier alpha value is -2.57. The van der Waals surface area contributed by atoms with Gasteiger partial charge < -0.3 is 4.98 Å². The summed E-state index contributed by atoms with van der Waals surface area (Å²) in [5.74, 6) is -0.518. The van der Waals surface area contributed by atoms with E-state index in [1.807, 2.05) is 0 Å². The van der Waals surface area contributed by atoms with Crippen molar-refractivity contribution in [1.29, 1.82) is 0 Å². The molecule has 0 saturated carbocycles. The van der Waals surface area contributed by atoms with E-state index in [-0.39, 0.29) is 23.1 Å². The topological polar surface area (TPSA) is 37.8 Å². The van der Waals surface area contributed by atoms with Gasteiger partial charge in [0.25, 0.3) is 0 Å². The van der Waals surface area contributed by atoms with Gasteiger partial charge >= 0.3 is 11.9 Å². The van der Waals surface area contributed by atoms with Crippen LogP contribution in [0.15, 0.2) is 47.3 Å². The Morgan fingerprint density at radius 2 is 1.77 bits per heavy atom. The van der Waals surface area contributed by atoms with E-state index in [0.717, 1.165) is 10.6 Å². The molecule has 0 aliphatic carbocycles. The van der Waals surface area contributed by atoms with E-state index in [1.54, 1.807) is 6.07 Å². The highest BCUT2D eigenvalue weighted by molar-refractivity contribution is 5.79. The number of para-hydroxylation sites is 1. The first kappa shape index (κ1) is 14.4. The van der Waals surface area contributed by atoms with Gasteiger partial charge in [-0.3, -0.25) is 4.57 Å². The quantitative estimate of drug-likeness (QED) is 0.722. The molecular weight excluding hydrogens is 300 g/mol. The van der Waals surface area contributed by atoms with Crippen LogP contribution >= 0.6 is 0 Å². The highest BCUT2D eigenvalue weighted by Gasteiger charge is 2.33. The highest BCUT2D eigenvalue weighted by Crippen LogP contribution is 2.33. The summed E-state index contributed by atoms with van der Waals surface area (Å²) in [6, 6.07) is 9.31. The average molecular weight is 310 g/mol. The minimum absolute atomic E-state index is 0.0862. The number of hydrogen-bond donors (Lipinski definition) is 1. The molecule has 0 saturated heterocycles. The van der Waals surface area contributed by atoms with Crippen LogP contribution in [0.3, 0.4) is 0 Å². The van der Waals surface area contributed by atoms with Gasteiger partial charge in [0.15, 0.2) is 0 Å². The maximum Gasteiger partial charge on any atom is 0.418 e. The molecule has 7 heteroatoms. The van der Waals surface area contributed by atoms with Crippen LogP contribution in [-0.4, -0.2) is 9.55 Å². The number of aromatic nitrogens is 2. The normalized spacial score (nSPS) is 12.0. The Bertz CT molecular complexity index is 892. The first-order valence-corrected chi connectivity index (χ1v) is 6.40. The zero-order valence-electron chi connectivity index (χ0n) is 11.1. The van der Waals surface area contributed by atoms with Gasteiger partial charge in [0.05, 0.1) is 23.1 Å². The fourth-order valence-electron chi connectivity index (χ4n) is 2.37. The molecule has 1 heterocycles. The number of imidazole rings is 1. The fraction of sp³-hybridized carbons (Fsp3) is 0.133. The van der Waals surface area contributed by atoms with Crippen LogP contribution in [0.1, 0.15) is 11.1 Å². The van der Waals surface area contributed by atoms with Crippen LogP contribution in [0.5, 0.6) is 0 Å². The monoisotopic (exact) mass is 310 g/mol. The lowest BCUT2D eigenvalue weighted by Gasteiger charge is -2.08. The maximum atomic E-state index is 13.7. The smallest absolute Gasteiger partial charge is 0.305 e. The van der Waals surface area contributed by atoms with E-state index in [1.165, 1.54) is 30.3 Å². The third-order valence-electron chi connectivity index (χ3n) is 3.40. The van der Waals surface area contributed by atoms with Crippen molar-refractivity contribution in [3.8, 4) is 0 Å². The number of nitrogens with one attached hydrogen (secondary N) is 1. The van der Waals surface area contributed by atoms with Crippen molar-refractivity contribution in [3.63, 3.8) is 0 Å². The number of halogens is 4. The maximum absolute atomic E-state index is 13.7. The first-order valence-electron chi connectivity index (χ1n) is 6.40. The molecule has 0 radical (unpaired) electrons. The zero-order valence-corrected chi connectivity index (χ0v) is 11.1. The molecule has 1 aromatic heterocycles. The summed E-state index contributed by atoms with van der Waals surface area (Å²) in [6.45, 7) is -0.146. The molecule has 0 fully saturated rings. The van der Waals surface area contributed by atoms with Gasteiger partial charge in [-0.05, 0) is 18.2 Å². The van der Waals surface area contributed by atoms with E-state index < -0.39 is 23.2 Å². The molecule has 0 spiro atoms. The standard InChI is InChI=1S/C15H10F4N2O/c16-11-6-2-1-4-9(11)8-21-12-7-3-5-10(15(17,18)19)13(12)20-14(21)22/h1-7H,8H2,(H,20,22). The van der Waals surface area contributed by atoms with Crippen LogP contribution in [0.2, 0.25) is 0 Å². The summed E-state index contributed by atoms with van der Waals surface area (Å²) in [6.07, 6.45) is -4.58. The number of benzene rings is 2. The van der Waals surface area contributed by atoms with Gasteiger partial charge in [-0.1, -0.05) is 24.3 Å². The van der Waals surface area contributed by atoms with Crippen molar-refractivity contribution in [3.05, 3.63) is 69.9 Å². The summed E-state index contributed by atoms with van der Waals surface area (Å²) < 4.78 is 53.6. The molecule has 0 unspecified atom stereocenters. The van der Waals surface area contributed by atoms with Crippen LogP contribution in [-0.2, 0) is 12.7 Å². The van der Waals surface area contributed by atoms with E-state index in [4.69, 9.17) is 0 Å². The van der Waals surface area contributed by atoms with Crippen LogP contribution < -0.4 is 5.69 Å². The van der Waals surface area contributed by atoms with Crippen molar-refractivity contribution in [1.82, 2.24) is 9.55 Å². The van der Waals surface area contributed by atoms with Crippen molar-refractivity contribution >= 4 is 11.0 Å². The second-order valence-electron chi connectivity index (χ2n) is 4.81. The summed E-state index contributed by atoms with van der Waals surface area (Å²) >= 11 is 0. The molecule has 3 aromatic rings. The predicted octanol–water partition coefficient (Wildman–Crippen LogP) is 3.54. The van der Waals surface area contributed by atoms with Gasteiger partial charge in [-0.2, -0.15) is 13.2 Å². The molecule has 0 aliphatic heterocycles. The Labute approximate surface area is 121 Å². The lowest BCUT2D eigenvalue weighted by molar-refractivity contribution is -0.136. The molecule has 1 N–H and O–H groups in total. The summed E-state index contributed by atoms with van der Waals surface area (Å²) in [5.41, 5.74) is -1.62. The lowest BCUT2D eigenvalue weighted by atomic mass is 10.1. The third kappa shape index (κ3) is 2.38. The van der Waals surface area contributed by atoms with E-state index >= 15 is 0 Å². The minimum atomic E-state index is -4.58. The second kappa shape index (κ2) is 5.01. The van der Waals surface area contributed by atoms with Crippen LogP contribution in [0.25, 0.3) is 11.0 Å². The Kier molecular flexibility index (Phi) is 3.27. The number of nitrogens with zero attached hydrogens (tertiary/aromatic N) is 1. The Balaban J connectivity index is 2.18. The molecule has 3 rings (SSSR count). The molecule has 0 atom stereocenters. The van der Waals surface area contributed by atoms with Gasteiger partial charge in [-0.15, -0.1) is 0 Å². The van der Waals surface area contributed by atoms with Gasteiger partial charge in [0.1, 0.15) is 5.82 Å². The number of H-pyrrole nitrogens is 1. The van der Waals surface area contributed by atoms with Gasteiger partial charge in [-0.25, -0.2) is 9.18 Å². The van der Waals surface area contributed by atoms with Gasteiger partial charge in [0.2, 0.25) is 0 Å². The third-order valence-corrected chi connectivity index (χ3v) is 3.40. The second-order valence-corrected chi connectivity index (χ2v) is 4.81. The minimum Gasteiger partial charge on any atom is -0.305 e. The number of fused-ring (bicyclic) bond motifs is 1. The first-order chi connectivity index (χ1) is 10.4. The lowest BCUT2D eigenvalue weighted by Crippen LogP contribution is -2.17. The number of hydrogen-bond acceptors (Lipinski definition) is 1. The molecule has 3 nitrogen and oxygen atoms in total. The molecule has 0 amide bonds. The largest absolute Gasteiger partial charge is 0.418 e. The van der Waals surface area contributed by atoms with E-state index in [0.29, 0.717) is 0 Å². The number of rotatable bonds is 2. The van der Waals surface area contributed by atoms with Crippen molar-refractivity contribution in [2.24, 2.45) is 0 Å². The summed E-state index contributed by atoms with van der Waals surface area (Å²) in [5, 5.41) is 0. The van der Waals surface area contributed by atoms with E-state index in [2.05, 4.69) is 4.98 Å². The SMILES string of the molecule is O=c1[nH]c2c(C(F)(F)F)cccc2n1Cc1ccccc1F. The average Bonchev–Trinajstić information content (AvgIpc) is 2.76. The predicted molar refractivity (Wildman–Crippen MR) is 73.1 cm³/mol. The molecule has 2 aromatic carbocycles. The summed E-state index contributed by atoms with van der Waals surface area (Å²) in [4.78, 5) is 14.2. The Morgan fingerprint density at radius 1 is 1.05 bits per heavy atom. The summed E-state index contributed by atoms with van der Waals surface area (Å²) in [7, 11) is 0. The van der Waals surface area contributed by atoms with Gasteiger partial charge in [0, 0.05) is 5.56 Å². The van der Waals surface area contributed by atoms with Crippen LogP contribution in [0, 0.1) is 5.82 Å². The van der Waals surface area contributed by atoms with Crippen molar-refractivity contribution in [2.75, 3.05) is 0 Å². The Morgan fingerprint density at radius 3 is 2.45 bits per heavy atom. The van der Waals surface area contributed by atoms with Crippen molar-refractivity contribution in [2.45, 2.75) is 12.7 Å². The highest BCUT2D eigenvalue weighted by atomic mass is 19.4. The molecule has 22 heavy (non-hydrogen) atoms. The fourth-order valence-corrected chi connectivity index (χ4v) is 2.37. The van der Waals surface area contributed by atoms with E-state index in [9.17, 15) is 22.4 Å². The molecule has 114 valence electrons. The molecular formula is C15H10F4N2O. The number of alkyl halides is 3. The molecule has 0 aliphatic rings. The van der Waals surface area contributed by atoms with Crippen LogP contribution in [0.4, 0.5) is 17.6 Å². The zero-order chi connectivity index (χ0) is 15.9. The number of aromatic amines is 1.